The minimum absolute atomic E-state index is 0. The van der Waals surface area contributed by atoms with Gasteiger partial charge in [0.05, 0.1) is 4.90 Å². The van der Waals surface area contributed by atoms with E-state index in [1.807, 2.05) is 13.8 Å². The Bertz CT molecular complexity index is 720. The molecule has 0 aromatic heterocycles. The highest BCUT2D eigenvalue weighted by Crippen LogP contribution is 2.24. The predicted molar refractivity (Wildman–Crippen MR) is 97.4 cm³/mol. The van der Waals surface area contributed by atoms with E-state index in [9.17, 15) is 13.2 Å². The quantitative estimate of drug-likeness (QED) is 0.867. The smallest absolute Gasteiger partial charge is 0.254 e. The molecule has 1 fully saturated rings. The van der Waals surface area contributed by atoms with E-state index in [0.717, 1.165) is 18.7 Å². The Morgan fingerprint density at radius 3 is 2.46 bits per heavy atom. The lowest BCUT2D eigenvalue weighted by Crippen LogP contribution is -2.52. The number of sulfonamides is 1. The van der Waals surface area contributed by atoms with E-state index in [1.54, 1.807) is 17.9 Å². The molecule has 0 unspecified atom stereocenters. The third-order valence-corrected chi connectivity index (χ3v) is 6.33. The predicted octanol–water partition coefficient (Wildman–Crippen LogP) is 1.41. The fraction of sp³-hybridized carbons (Fsp3) is 0.562. The third-order valence-electron chi connectivity index (χ3n) is 4.39. The number of halogens is 1. The molecule has 1 amide bonds. The van der Waals surface area contributed by atoms with Gasteiger partial charge in [-0.3, -0.25) is 4.79 Å². The van der Waals surface area contributed by atoms with Crippen LogP contribution in [0.5, 0.6) is 0 Å². The third kappa shape index (κ3) is 3.91. The van der Waals surface area contributed by atoms with Crippen molar-refractivity contribution in [3.8, 4) is 0 Å². The number of amides is 1. The van der Waals surface area contributed by atoms with Gasteiger partial charge in [0, 0.05) is 45.3 Å². The van der Waals surface area contributed by atoms with Gasteiger partial charge in [0.15, 0.2) is 0 Å². The van der Waals surface area contributed by atoms with Crippen LogP contribution in [0.4, 0.5) is 0 Å². The summed E-state index contributed by atoms with van der Waals surface area (Å²) < 4.78 is 26.2. The van der Waals surface area contributed by atoms with Crippen LogP contribution in [-0.2, 0) is 10.0 Å². The number of nitrogens with one attached hydrogen (secondary N) is 1. The van der Waals surface area contributed by atoms with Crippen molar-refractivity contribution in [1.82, 2.24) is 14.5 Å². The van der Waals surface area contributed by atoms with E-state index in [0.29, 0.717) is 17.7 Å². The van der Waals surface area contributed by atoms with Crippen molar-refractivity contribution in [2.75, 3.05) is 33.7 Å². The summed E-state index contributed by atoms with van der Waals surface area (Å²) in [5.41, 5.74) is 1.92. The second-order valence-corrected chi connectivity index (χ2v) is 8.38. The Kier molecular flexibility index (Phi) is 6.81. The number of carbonyl (C=O) groups excluding carboxylic acids is 1. The fourth-order valence-electron chi connectivity index (χ4n) is 2.72. The number of benzene rings is 1. The van der Waals surface area contributed by atoms with E-state index in [2.05, 4.69) is 5.32 Å². The Morgan fingerprint density at radius 1 is 1.29 bits per heavy atom. The summed E-state index contributed by atoms with van der Waals surface area (Å²) in [7, 11) is -0.586. The van der Waals surface area contributed by atoms with Crippen LogP contribution < -0.4 is 5.32 Å². The molecule has 0 radical (unpaired) electrons. The molecule has 1 N–H and O–H groups in total. The Labute approximate surface area is 150 Å². The zero-order valence-corrected chi connectivity index (χ0v) is 16.4. The molecule has 1 aliphatic rings. The topological polar surface area (TPSA) is 69.7 Å². The van der Waals surface area contributed by atoms with Crippen molar-refractivity contribution < 1.29 is 13.2 Å². The van der Waals surface area contributed by atoms with Crippen LogP contribution in [0, 0.1) is 13.8 Å². The van der Waals surface area contributed by atoms with Crippen LogP contribution in [0.25, 0.3) is 0 Å². The van der Waals surface area contributed by atoms with Crippen molar-refractivity contribution >= 4 is 28.3 Å². The van der Waals surface area contributed by atoms with E-state index < -0.39 is 10.0 Å². The van der Waals surface area contributed by atoms with Gasteiger partial charge >= 0.3 is 0 Å². The first-order valence-electron chi connectivity index (χ1n) is 7.71. The molecule has 6 nitrogen and oxygen atoms in total. The maximum atomic E-state index is 12.8. The first-order valence-corrected chi connectivity index (χ1v) is 9.15. The molecular formula is C16H26ClN3O3S. The fourth-order valence-corrected chi connectivity index (χ4v) is 3.94. The number of hydrogen-bond acceptors (Lipinski definition) is 4. The summed E-state index contributed by atoms with van der Waals surface area (Å²) in [6.45, 7) is 7.73. The SMILES string of the molecule is Cc1cc(C(=O)N2CCNC[C@@H]2C)cc(S(=O)(=O)N(C)C)c1C.Cl. The second-order valence-electron chi connectivity index (χ2n) is 6.26. The lowest BCUT2D eigenvalue weighted by molar-refractivity contribution is 0.0655. The first kappa shape index (κ1) is 20.9. The maximum absolute atomic E-state index is 12.8. The maximum Gasteiger partial charge on any atom is 0.254 e. The zero-order chi connectivity index (χ0) is 17.4. The van der Waals surface area contributed by atoms with Gasteiger partial charge in [-0.2, -0.15) is 0 Å². The van der Waals surface area contributed by atoms with Crippen molar-refractivity contribution in [1.29, 1.82) is 0 Å². The molecule has 1 atom stereocenters. The Morgan fingerprint density at radius 2 is 1.92 bits per heavy atom. The van der Waals surface area contributed by atoms with Gasteiger partial charge in [0.1, 0.15) is 0 Å². The Balaban J connectivity index is 0.00000288. The molecule has 0 spiro atoms. The number of aryl methyl sites for hydroxylation is 1. The van der Waals surface area contributed by atoms with Crippen LogP contribution in [0.3, 0.4) is 0 Å². The standard InChI is InChI=1S/C16H25N3O3S.ClH/c1-11-8-14(16(20)19-7-6-17-10-12(19)2)9-15(13(11)3)23(21,22)18(4)5;/h8-9,12,17H,6-7,10H2,1-5H3;1H/t12-;/m0./s1. The Hall–Kier alpha value is -1.15. The molecule has 1 heterocycles. The summed E-state index contributed by atoms with van der Waals surface area (Å²) in [6, 6.07) is 3.38. The van der Waals surface area contributed by atoms with Crippen molar-refractivity contribution in [3.05, 3.63) is 28.8 Å². The van der Waals surface area contributed by atoms with Gasteiger partial charge < -0.3 is 10.2 Å². The summed E-state index contributed by atoms with van der Waals surface area (Å²) in [5, 5.41) is 3.25. The molecule has 0 saturated carbocycles. The normalized spacial score (nSPS) is 18.4. The molecule has 1 aromatic rings. The zero-order valence-electron chi connectivity index (χ0n) is 14.8. The lowest BCUT2D eigenvalue weighted by Gasteiger charge is -2.34. The number of rotatable bonds is 3. The molecule has 0 aliphatic carbocycles. The average Bonchev–Trinajstić information content (AvgIpc) is 2.49. The van der Waals surface area contributed by atoms with E-state index in [4.69, 9.17) is 0 Å². The summed E-state index contributed by atoms with van der Waals surface area (Å²) in [5.74, 6) is -0.114. The number of carbonyl (C=O) groups is 1. The van der Waals surface area contributed by atoms with Gasteiger partial charge in [-0.15, -0.1) is 12.4 Å². The van der Waals surface area contributed by atoms with Crippen molar-refractivity contribution in [2.24, 2.45) is 0 Å². The average molecular weight is 376 g/mol. The molecule has 24 heavy (non-hydrogen) atoms. The van der Waals surface area contributed by atoms with Crippen molar-refractivity contribution in [3.63, 3.8) is 0 Å². The minimum atomic E-state index is -3.58. The monoisotopic (exact) mass is 375 g/mol. The molecule has 1 aliphatic heterocycles. The van der Waals surface area contributed by atoms with Gasteiger partial charge in [-0.25, -0.2) is 12.7 Å². The van der Waals surface area contributed by atoms with E-state index in [1.165, 1.54) is 24.5 Å². The van der Waals surface area contributed by atoms with Gasteiger partial charge in [0.2, 0.25) is 10.0 Å². The van der Waals surface area contributed by atoms with Crippen LogP contribution in [0.1, 0.15) is 28.4 Å². The molecule has 2 rings (SSSR count). The molecular weight excluding hydrogens is 350 g/mol. The van der Waals surface area contributed by atoms with E-state index in [-0.39, 0.29) is 29.3 Å². The second kappa shape index (κ2) is 7.82. The van der Waals surface area contributed by atoms with Crippen LogP contribution in [0.2, 0.25) is 0 Å². The first-order chi connectivity index (χ1) is 10.7. The largest absolute Gasteiger partial charge is 0.333 e. The number of hydrogen-bond donors (Lipinski definition) is 1. The molecule has 1 aromatic carbocycles. The van der Waals surface area contributed by atoms with Gasteiger partial charge in [0.25, 0.3) is 5.91 Å². The van der Waals surface area contributed by atoms with Crippen LogP contribution >= 0.6 is 12.4 Å². The van der Waals surface area contributed by atoms with Crippen LogP contribution in [0.15, 0.2) is 17.0 Å². The van der Waals surface area contributed by atoms with Crippen molar-refractivity contribution in [2.45, 2.75) is 31.7 Å². The van der Waals surface area contributed by atoms with Crippen LogP contribution in [-0.4, -0.2) is 63.3 Å². The summed E-state index contributed by atoms with van der Waals surface area (Å²) >= 11 is 0. The van der Waals surface area contributed by atoms with Gasteiger partial charge in [-0.05, 0) is 44.0 Å². The van der Waals surface area contributed by atoms with Gasteiger partial charge in [-0.1, -0.05) is 0 Å². The highest BCUT2D eigenvalue weighted by Gasteiger charge is 2.27. The highest BCUT2D eigenvalue weighted by molar-refractivity contribution is 7.89. The summed E-state index contributed by atoms with van der Waals surface area (Å²) in [4.78, 5) is 14.8. The summed E-state index contributed by atoms with van der Waals surface area (Å²) in [6.07, 6.45) is 0. The number of nitrogens with zero attached hydrogens (tertiary/aromatic N) is 2. The highest BCUT2D eigenvalue weighted by atomic mass is 35.5. The molecule has 136 valence electrons. The van der Waals surface area contributed by atoms with E-state index >= 15 is 0 Å². The molecule has 8 heteroatoms. The lowest BCUT2D eigenvalue weighted by atomic mass is 10.0. The number of piperazine rings is 1. The molecule has 1 saturated heterocycles. The molecule has 0 bridgehead atoms. The minimum Gasteiger partial charge on any atom is -0.333 e.